The van der Waals surface area contributed by atoms with Gasteiger partial charge in [0.1, 0.15) is 0 Å². The van der Waals surface area contributed by atoms with E-state index in [0.717, 1.165) is 24.5 Å². The number of benzene rings is 2. The average Bonchev–Trinajstić information content (AvgIpc) is 2.95. The van der Waals surface area contributed by atoms with Gasteiger partial charge in [0.25, 0.3) is 11.6 Å². The number of aromatic nitrogens is 2. The van der Waals surface area contributed by atoms with E-state index in [1.807, 2.05) is 0 Å². The Balaban J connectivity index is 1.98. The highest BCUT2D eigenvalue weighted by molar-refractivity contribution is 7.90. The van der Waals surface area contributed by atoms with Crippen LogP contribution in [0.3, 0.4) is 0 Å². The van der Waals surface area contributed by atoms with Crippen molar-refractivity contribution in [1.29, 1.82) is 0 Å². The molecule has 0 radical (unpaired) electrons. The Hall–Kier alpha value is -3.27. The molecule has 10 heteroatoms. The molecule has 9 nitrogen and oxygen atoms in total. The molecule has 0 aliphatic rings. The third kappa shape index (κ3) is 3.48. The maximum atomic E-state index is 12.4. The lowest BCUT2D eigenvalue weighted by Gasteiger charge is -2.05. The number of nitrogens with one attached hydrogen (secondary N) is 2. The van der Waals surface area contributed by atoms with Gasteiger partial charge in [0, 0.05) is 24.0 Å². The van der Waals surface area contributed by atoms with Crippen molar-refractivity contribution < 1.29 is 18.1 Å². The lowest BCUT2D eigenvalue weighted by atomic mass is 10.2. The van der Waals surface area contributed by atoms with Crippen LogP contribution in [0.15, 0.2) is 47.4 Å². The molecule has 128 valence electrons. The molecule has 3 rings (SSSR count). The van der Waals surface area contributed by atoms with Crippen LogP contribution in [0.1, 0.15) is 10.4 Å². The fourth-order valence-electron chi connectivity index (χ4n) is 2.23. The molecule has 1 heterocycles. The number of H-pyrrole nitrogens is 1. The number of aromatic amines is 1. The van der Waals surface area contributed by atoms with Crippen molar-refractivity contribution in [3.8, 4) is 0 Å². The van der Waals surface area contributed by atoms with Crippen molar-refractivity contribution in [1.82, 2.24) is 9.97 Å². The van der Waals surface area contributed by atoms with Crippen LogP contribution in [-0.4, -0.2) is 35.5 Å². The number of imidazole rings is 1. The van der Waals surface area contributed by atoms with E-state index < -0.39 is 26.4 Å². The highest BCUT2D eigenvalue weighted by Gasteiger charge is 2.19. The van der Waals surface area contributed by atoms with E-state index in [9.17, 15) is 23.3 Å². The lowest BCUT2D eigenvalue weighted by molar-refractivity contribution is -0.385. The van der Waals surface area contributed by atoms with Gasteiger partial charge in [-0.3, -0.25) is 20.2 Å². The summed E-state index contributed by atoms with van der Waals surface area (Å²) in [5.74, 6) is -0.564. The summed E-state index contributed by atoms with van der Waals surface area (Å²) >= 11 is 0. The van der Waals surface area contributed by atoms with Crippen LogP contribution in [-0.2, 0) is 9.84 Å². The second kappa shape index (κ2) is 5.98. The van der Waals surface area contributed by atoms with Crippen LogP contribution >= 0.6 is 0 Å². The molecule has 0 aliphatic heterocycles. The van der Waals surface area contributed by atoms with Gasteiger partial charge in [-0.05, 0) is 18.2 Å². The first-order valence-electron chi connectivity index (χ1n) is 7.00. The van der Waals surface area contributed by atoms with Crippen molar-refractivity contribution in [3.63, 3.8) is 0 Å². The predicted molar refractivity (Wildman–Crippen MR) is 90.3 cm³/mol. The quantitative estimate of drug-likeness (QED) is 0.540. The molecular weight excluding hydrogens is 348 g/mol. The zero-order valence-corrected chi connectivity index (χ0v) is 13.7. The van der Waals surface area contributed by atoms with E-state index >= 15 is 0 Å². The van der Waals surface area contributed by atoms with Gasteiger partial charge in [-0.15, -0.1) is 0 Å². The molecule has 2 aromatic carbocycles. The first-order chi connectivity index (χ1) is 11.7. The third-order valence-corrected chi connectivity index (χ3v) is 4.51. The average molecular weight is 360 g/mol. The van der Waals surface area contributed by atoms with Gasteiger partial charge in [-0.1, -0.05) is 12.1 Å². The second-order valence-corrected chi connectivity index (χ2v) is 7.32. The summed E-state index contributed by atoms with van der Waals surface area (Å²) < 4.78 is 23.4. The fraction of sp³-hybridized carbons (Fsp3) is 0.0667. The number of non-ortho nitro benzene ring substituents is 1. The van der Waals surface area contributed by atoms with Crippen molar-refractivity contribution in [2.75, 3.05) is 11.6 Å². The van der Waals surface area contributed by atoms with Gasteiger partial charge in [-0.2, -0.15) is 0 Å². The van der Waals surface area contributed by atoms with E-state index in [1.165, 1.54) is 0 Å². The molecule has 0 bridgehead atoms. The number of nitro benzene ring substituents is 1. The molecule has 0 saturated carbocycles. The number of carbonyl (C=O) groups is 1. The van der Waals surface area contributed by atoms with Gasteiger partial charge in [-0.25, -0.2) is 13.4 Å². The van der Waals surface area contributed by atoms with Gasteiger partial charge in [0.15, 0.2) is 9.84 Å². The van der Waals surface area contributed by atoms with Crippen LogP contribution in [0.5, 0.6) is 0 Å². The lowest BCUT2D eigenvalue weighted by Crippen LogP contribution is -2.14. The summed E-state index contributed by atoms with van der Waals surface area (Å²) in [6, 6.07) is 10.1. The monoisotopic (exact) mass is 360 g/mol. The van der Waals surface area contributed by atoms with Crippen LogP contribution in [0.4, 0.5) is 11.6 Å². The summed E-state index contributed by atoms with van der Waals surface area (Å²) in [6.07, 6.45) is 0.910. The molecule has 3 aromatic rings. The minimum atomic E-state index is -3.72. The van der Waals surface area contributed by atoms with Gasteiger partial charge in [0.2, 0.25) is 5.95 Å². The standard InChI is InChI=1S/C15H12N4O5S/c1-25(23,24)11-7-9(6-10(8-11)19(21)22)14(20)18-15-16-12-4-2-3-5-13(12)17-15/h2-8H,1H3,(H2,16,17,18,20). The molecule has 0 unspecified atom stereocenters. The normalized spacial score (nSPS) is 11.4. The number of hydrogen-bond donors (Lipinski definition) is 2. The molecular formula is C15H12N4O5S. The zero-order chi connectivity index (χ0) is 18.2. The van der Waals surface area contributed by atoms with Crippen LogP contribution < -0.4 is 5.32 Å². The Labute approximate surface area is 141 Å². The number of nitrogens with zero attached hydrogens (tertiary/aromatic N) is 2. The summed E-state index contributed by atoms with van der Waals surface area (Å²) in [5.41, 5.74) is 0.690. The Kier molecular flexibility index (Phi) is 3.97. The van der Waals surface area contributed by atoms with Crippen molar-refractivity contribution in [3.05, 3.63) is 58.1 Å². The fourth-order valence-corrected chi connectivity index (χ4v) is 2.90. The van der Waals surface area contributed by atoms with Crippen LogP contribution in [0.2, 0.25) is 0 Å². The number of fused-ring (bicyclic) bond motifs is 1. The SMILES string of the molecule is CS(=O)(=O)c1cc(C(=O)Nc2nc3ccccc3[nH]2)cc([N+](=O)[O-])c1. The van der Waals surface area contributed by atoms with E-state index in [-0.39, 0.29) is 16.4 Å². The van der Waals surface area contributed by atoms with Gasteiger partial charge in [0.05, 0.1) is 20.9 Å². The topological polar surface area (TPSA) is 135 Å². The van der Waals surface area contributed by atoms with Crippen molar-refractivity contribution in [2.45, 2.75) is 4.90 Å². The summed E-state index contributed by atoms with van der Waals surface area (Å²) in [6.45, 7) is 0. The smallest absolute Gasteiger partial charge is 0.271 e. The summed E-state index contributed by atoms with van der Waals surface area (Å²) in [7, 11) is -3.72. The van der Waals surface area contributed by atoms with Crippen LogP contribution in [0.25, 0.3) is 11.0 Å². The molecule has 0 fully saturated rings. The number of carbonyl (C=O) groups excluding carboxylic acids is 1. The third-order valence-electron chi connectivity index (χ3n) is 3.41. The van der Waals surface area contributed by atoms with Crippen molar-refractivity contribution in [2.24, 2.45) is 0 Å². The minimum Gasteiger partial charge on any atom is -0.324 e. The van der Waals surface area contributed by atoms with E-state index in [4.69, 9.17) is 0 Å². The Bertz CT molecular complexity index is 1070. The molecule has 1 aromatic heterocycles. The molecule has 0 atom stereocenters. The first-order valence-corrected chi connectivity index (χ1v) is 8.89. The number of amides is 1. The highest BCUT2D eigenvalue weighted by atomic mass is 32.2. The number of rotatable bonds is 4. The molecule has 25 heavy (non-hydrogen) atoms. The molecule has 2 N–H and O–H groups in total. The molecule has 0 saturated heterocycles. The first kappa shape index (κ1) is 16.6. The molecule has 0 spiro atoms. The van der Waals surface area contributed by atoms with Gasteiger partial charge >= 0.3 is 0 Å². The summed E-state index contributed by atoms with van der Waals surface area (Å²) in [5, 5.41) is 13.5. The predicted octanol–water partition coefficient (Wildman–Crippen LogP) is 2.13. The minimum absolute atomic E-state index is 0.151. The highest BCUT2D eigenvalue weighted by Crippen LogP contribution is 2.22. The Morgan fingerprint density at radius 2 is 1.96 bits per heavy atom. The van der Waals surface area contributed by atoms with E-state index in [0.29, 0.717) is 11.0 Å². The molecule has 1 amide bonds. The Morgan fingerprint density at radius 3 is 2.60 bits per heavy atom. The van der Waals surface area contributed by atoms with E-state index in [1.54, 1.807) is 24.3 Å². The van der Waals surface area contributed by atoms with Crippen LogP contribution in [0, 0.1) is 10.1 Å². The number of para-hydroxylation sites is 2. The number of sulfone groups is 1. The summed E-state index contributed by atoms with van der Waals surface area (Å²) in [4.78, 5) is 29.3. The zero-order valence-electron chi connectivity index (χ0n) is 12.9. The Morgan fingerprint density at radius 1 is 1.24 bits per heavy atom. The maximum Gasteiger partial charge on any atom is 0.271 e. The number of hydrogen-bond acceptors (Lipinski definition) is 6. The van der Waals surface area contributed by atoms with E-state index in [2.05, 4.69) is 15.3 Å². The number of anilines is 1. The second-order valence-electron chi connectivity index (χ2n) is 5.30. The largest absolute Gasteiger partial charge is 0.324 e. The maximum absolute atomic E-state index is 12.4. The molecule has 0 aliphatic carbocycles. The number of nitro groups is 1. The van der Waals surface area contributed by atoms with Crippen molar-refractivity contribution >= 4 is 38.4 Å². The van der Waals surface area contributed by atoms with Gasteiger partial charge < -0.3 is 4.98 Å².